The number of nitrogens with zero attached hydrogens (tertiary/aromatic N) is 2. The third kappa shape index (κ3) is 3.39. The molecule has 6 nitrogen and oxygen atoms in total. The smallest absolute Gasteiger partial charge is 0.339 e. The van der Waals surface area contributed by atoms with Crippen molar-refractivity contribution < 1.29 is 14.6 Å². The number of hydrogen-bond donors (Lipinski definition) is 2. The molecule has 0 aliphatic carbocycles. The first kappa shape index (κ1) is 14.8. The molecule has 0 atom stereocenters. The summed E-state index contributed by atoms with van der Waals surface area (Å²) in [5, 5.41) is 9.11. The van der Waals surface area contributed by atoms with E-state index in [0.717, 1.165) is 13.0 Å². The number of carboxylic acid groups (broad SMARTS) is 1. The number of aromatic carboxylic acids is 1. The lowest BCUT2D eigenvalue weighted by Crippen LogP contribution is -2.31. The minimum absolute atomic E-state index is 0.175. The highest BCUT2D eigenvalue weighted by Gasteiger charge is 2.13. The number of aromatic amines is 1. The van der Waals surface area contributed by atoms with Crippen LogP contribution in [0.1, 0.15) is 36.0 Å². The molecular weight excluding hydrogens is 282 g/mol. The molecule has 2 aromatic heterocycles. The first-order chi connectivity index (χ1) is 10.7. The Bertz CT molecular complexity index is 647. The van der Waals surface area contributed by atoms with Crippen LogP contribution in [0.4, 0.5) is 0 Å². The second kappa shape index (κ2) is 6.79. The Hall–Kier alpha value is -2.08. The van der Waals surface area contributed by atoms with Crippen molar-refractivity contribution in [3.8, 4) is 5.88 Å². The van der Waals surface area contributed by atoms with E-state index < -0.39 is 5.97 Å². The lowest BCUT2D eigenvalue weighted by Gasteiger charge is -2.26. The van der Waals surface area contributed by atoms with Gasteiger partial charge in [-0.1, -0.05) is 6.42 Å². The van der Waals surface area contributed by atoms with Crippen molar-refractivity contribution in [1.82, 2.24) is 14.9 Å². The van der Waals surface area contributed by atoms with Crippen LogP contribution in [0.25, 0.3) is 11.0 Å². The fourth-order valence-corrected chi connectivity index (χ4v) is 2.87. The third-order valence-corrected chi connectivity index (χ3v) is 4.04. The van der Waals surface area contributed by atoms with Gasteiger partial charge in [-0.3, -0.25) is 0 Å². The van der Waals surface area contributed by atoms with E-state index in [1.165, 1.54) is 38.5 Å². The monoisotopic (exact) mass is 303 g/mol. The van der Waals surface area contributed by atoms with Gasteiger partial charge in [0.05, 0.1) is 12.1 Å². The fraction of sp³-hybridized carbons (Fsp3) is 0.500. The normalized spacial score (nSPS) is 16.0. The number of fused-ring (bicyclic) bond motifs is 1. The van der Waals surface area contributed by atoms with Crippen molar-refractivity contribution in [3.05, 3.63) is 23.9 Å². The summed E-state index contributed by atoms with van der Waals surface area (Å²) in [6.45, 7) is 4.03. The summed E-state index contributed by atoms with van der Waals surface area (Å²) in [6.07, 6.45) is 6.35. The molecule has 0 aromatic carbocycles. The summed E-state index contributed by atoms with van der Waals surface area (Å²) in [7, 11) is 0. The molecule has 0 radical (unpaired) electrons. The molecule has 22 heavy (non-hydrogen) atoms. The maximum absolute atomic E-state index is 11.1. The van der Waals surface area contributed by atoms with Crippen LogP contribution in [0.5, 0.6) is 5.88 Å². The van der Waals surface area contributed by atoms with Crippen molar-refractivity contribution in [2.75, 3.05) is 26.2 Å². The summed E-state index contributed by atoms with van der Waals surface area (Å²) in [4.78, 5) is 20.8. The molecular formula is C16H21N3O3. The van der Waals surface area contributed by atoms with Crippen molar-refractivity contribution in [3.63, 3.8) is 0 Å². The van der Waals surface area contributed by atoms with E-state index in [1.807, 2.05) is 0 Å². The third-order valence-electron chi connectivity index (χ3n) is 4.04. The fourth-order valence-electron chi connectivity index (χ4n) is 2.87. The predicted octanol–water partition coefficient (Wildman–Crippen LogP) is 2.52. The molecule has 6 heteroatoms. The number of carbonyl (C=O) groups is 1. The van der Waals surface area contributed by atoms with Gasteiger partial charge in [-0.05, 0) is 38.4 Å². The molecule has 1 aliphatic rings. The van der Waals surface area contributed by atoms with Gasteiger partial charge in [-0.2, -0.15) is 0 Å². The zero-order valence-electron chi connectivity index (χ0n) is 12.5. The van der Waals surface area contributed by atoms with Gasteiger partial charge in [0, 0.05) is 18.8 Å². The lowest BCUT2D eigenvalue weighted by molar-refractivity contribution is 0.0699. The number of likely N-dealkylation sites (tertiary alicyclic amines) is 1. The summed E-state index contributed by atoms with van der Waals surface area (Å²) in [5.74, 6) is -0.505. The average Bonchev–Trinajstić information content (AvgIpc) is 2.96. The first-order valence-corrected chi connectivity index (χ1v) is 7.80. The second-order valence-corrected chi connectivity index (χ2v) is 5.66. The zero-order chi connectivity index (χ0) is 15.4. The summed E-state index contributed by atoms with van der Waals surface area (Å²) in [5.41, 5.74) is 1.33. The summed E-state index contributed by atoms with van der Waals surface area (Å²) in [6, 6.07) is 3.57. The van der Waals surface area contributed by atoms with E-state index in [1.54, 1.807) is 12.1 Å². The minimum atomic E-state index is -0.985. The van der Waals surface area contributed by atoms with E-state index >= 15 is 0 Å². The number of pyridine rings is 1. The number of ether oxygens (including phenoxy) is 1. The molecule has 2 aromatic rings. The maximum Gasteiger partial charge on any atom is 0.339 e. The van der Waals surface area contributed by atoms with Crippen LogP contribution in [0.15, 0.2) is 18.3 Å². The molecule has 0 amide bonds. The standard InChI is InChI=1S/C16H21N3O3/c20-16(21)12-11-17-13-5-6-14(18-15(12)13)22-10-4-9-19-7-2-1-3-8-19/h5-6,11,17H,1-4,7-10H2,(H,20,21). The van der Waals surface area contributed by atoms with Crippen LogP contribution < -0.4 is 4.74 Å². The van der Waals surface area contributed by atoms with E-state index in [9.17, 15) is 4.79 Å². The first-order valence-electron chi connectivity index (χ1n) is 7.80. The molecule has 0 saturated carbocycles. The van der Waals surface area contributed by atoms with Crippen molar-refractivity contribution in [2.24, 2.45) is 0 Å². The highest BCUT2D eigenvalue weighted by atomic mass is 16.5. The molecule has 1 saturated heterocycles. The lowest BCUT2D eigenvalue weighted by atomic mass is 10.1. The topological polar surface area (TPSA) is 78.4 Å². The van der Waals surface area contributed by atoms with Crippen LogP contribution in [0, 0.1) is 0 Å². The van der Waals surface area contributed by atoms with Crippen LogP contribution in [0.2, 0.25) is 0 Å². The Morgan fingerprint density at radius 1 is 1.32 bits per heavy atom. The Morgan fingerprint density at radius 3 is 2.91 bits per heavy atom. The number of carboxylic acids is 1. The molecule has 3 rings (SSSR count). The highest BCUT2D eigenvalue weighted by molar-refractivity contribution is 6.01. The van der Waals surface area contributed by atoms with E-state index in [2.05, 4.69) is 14.9 Å². The van der Waals surface area contributed by atoms with E-state index in [0.29, 0.717) is 23.5 Å². The molecule has 2 N–H and O–H groups in total. The average molecular weight is 303 g/mol. The number of nitrogens with one attached hydrogen (secondary N) is 1. The number of hydrogen-bond acceptors (Lipinski definition) is 4. The van der Waals surface area contributed by atoms with Gasteiger partial charge in [0.2, 0.25) is 5.88 Å². The second-order valence-electron chi connectivity index (χ2n) is 5.66. The highest BCUT2D eigenvalue weighted by Crippen LogP contribution is 2.19. The van der Waals surface area contributed by atoms with Crippen LogP contribution >= 0.6 is 0 Å². The van der Waals surface area contributed by atoms with Crippen LogP contribution in [-0.4, -0.2) is 52.2 Å². The predicted molar refractivity (Wildman–Crippen MR) is 83.5 cm³/mol. The molecule has 1 aliphatic heterocycles. The number of piperidine rings is 1. The Balaban J connectivity index is 1.54. The van der Waals surface area contributed by atoms with Crippen LogP contribution in [-0.2, 0) is 0 Å². The van der Waals surface area contributed by atoms with Gasteiger partial charge in [-0.15, -0.1) is 0 Å². The van der Waals surface area contributed by atoms with E-state index in [4.69, 9.17) is 9.84 Å². The number of rotatable bonds is 6. The van der Waals surface area contributed by atoms with Crippen molar-refractivity contribution >= 4 is 17.0 Å². The van der Waals surface area contributed by atoms with Gasteiger partial charge in [0.25, 0.3) is 0 Å². The Labute approximate surface area is 129 Å². The quantitative estimate of drug-likeness (QED) is 0.802. The van der Waals surface area contributed by atoms with Gasteiger partial charge in [0.1, 0.15) is 11.1 Å². The van der Waals surface area contributed by atoms with Crippen molar-refractivity contribution in [1.29, 1.82) is 0 Å². The van der Waals surface area contributed by atoms with Gasteiger partial charge < -0.3 is 19.7 Å². The Morgan fingerprint density at radius 2 is 2.14 bits per heavy atom. The number of aromatic nitrogens is 2. The summed E-state index contributed by atoms with van der Waals surface area (Å²) >= 11 is 0. The molecule has 118 valence electrons. The summed E-state index contributed by atoms with van der Waals surface area (Å²) < 4.78 is 5.66. The zero-order valence-corrected chi connectivity index (χ0v) is 12.5. The maximum atomic E-state index is 11.1. The molecule has 0 bridgehead atoms. The molecule has 1 fully saturated rings. The van der Waals surface area contributed by atoms with Crippen molar-refractivity contribution in [2.45, 2.75) is 25.7 Å². The molecule has 0 spiro atoms. The largest absolute Gasteiger partial charge is 0.478 e. The molecule has 0 unspecified atom stereocenters. The SMILES string of the molecule is O=C(O)c1c[nH]c2ccc(OCCCN3CCCCC3)nc12. The van der Waals surface area contributed by atoms with Crippen LogP contribution in [0.3, 0.4) is 0 Å². The van der Waals surface area contributed by atoms with Gasteiger partial charge >= 0.3 is 5.97 Å². The molecule has 3 heterocycles. The number of H-pyrrole nitrogens is 1. The van der Waals surface area contributed by atoms with E-state index in [-0.39, 0.29) is 5.56 Å². The van der Waals surface area contributed by atoms with Gasteiger partial charge in [0.15, 0.2) is 0 Å². The Kier molecular flexibility index (Phi) is 4.58. The minimum Gasteiger partial charge on any atom is -0.478 e. The van der Waals surface area contributed by atoms with Gasteiger partial charge in [-0.25, -0.2) is 9.78 Å².